The lowest BCUT2D eigenvalue weighted by atomic mass is 9.95. The van der Waals surface area contributed by atoms with E-state index in [0.29, 0.717) is 17.9 Å². The van der Waals surface area contributed by atoms with Crippen molar-refractivity contribution in [2.24, 2.45) is 30.4 Å². The predicted octanol–water partition coefficient (Wildman–Crippen LogP) is 0.438. The highest BCUT2D eigenvalue weighted by molar-refractivity contribution is 5.96. The van der Waals surface area contributed by atoms with Gasteiger partial charge in [-0.2, -0.15) is 0 Å². The molecule has 6 heteroatoms. The summed E-state index contributed by atoms with van der Waals surface area (Å²) in [5.74, 6) is -0.292. The molecule has 1 aliphatic carbocycles. The van der Waals surface area contributed by atoms with Crippen molar-refractivity contribution in [3.8, 4) is 0 Å². The van der Waals surface area contributed by atoms with E-state index in [2.05, 4.69) is 5.32 Å². The fourth-order valence-corrected chi connectivity index (χ4v) is 2.78. The van der Waals surface area contributed by atoms with Gasteiger partial charge in [-0.15, -0.1) is 0 Å². The maximum Gasteiger partial charge on any atom is 0.265 e. The van der Waals surface area contributed by atoms with Crippen molar-refractivity contribution >= 4 is 17.5 Å². The molecule has 0 unspecified atom stereocenters. The lowest BCUT2D eigenvalue weighted by Gasteiger charge is -2.16. The van der Waals surface area contributed by atoms with E-state index < -0.39 is 5.91 Å². The minimum Gasteiger partial charge on any atom is -0.364 e. The van der Waals surface area contributed by atoms with Crippen LogP contribution in [-0.4, -0.2) is 22.9 Å². The zero-order valence-electron chi connectivity index (χ0n) is 11.1. The van der Waals surface area contributed by atoms with Gasteiger partial charge in [0, 0.05) is 19.2 Å². The van der Waals surface area contributed by atoms with E-state index in [1.54, 1.807) is 23.9 Å². The van der Waals surface area contributed by atoms with Gasteiger partial charge in [0.2, 0.25) is 5.91 Å². The molecule has 0 radical (unpaired) electrons. The Bertz CT molecular complexity index is 495. The van der Waals surface area contributed by atoms with Crippen LogP contribution in [0, 0.1) is 11.8 Å². The maximum atomic E-state index is 12.2. The molecule has 5 N–H and O–H groups in total. The van der Waals surface area contributed by atoms with Crippen molar-refractivity contribution < 1.29 is 9.59 Å². The van der Waals surface area contributed by atoms with Crippen LogP contribution in [0.3, 0.4) is 0 Å². The van der Waals surface area contributed by atoms with Gasteiger partial charge in [-0.3, -0.25) is 9.59 Å². The van der Waals surface area contributed by atoms with Crippen LogP contribution < -0.4 is 16.8 Å². The highest BCUT2D eigenvalue weighted by atomic mass is 16.2. The smallest absolute Gasteiger partial charge is 0.265 e. The average molecular weight is 264 g/mol. The Morgan fingerprint density at radius 2 is 2.21 bits per heavy atom. The van der Waals surface area contributed by atoms with Crippen LogP contribution >= 0.6 is 0 Å². The standard InChI is InChI=1S/C13H20N4O2/c1-17-7-9(5-11(17)12(15)18)16-13(19)10-4-2-3-8(10)6-14/h5,7-8,10H,2-4,6,14H2,1H3,(H2,15,18)(H,16,19)/t8-,10-/m1/s1. The number of carbonyl (C=O) groups is 2. The van der Waals surface area contributed by atoms with Gasteiger partial charge in [-0.1, -0.05) is 6.42 Å². The number of primary amides is 1. The van der Waals surface area contributed by atoms with Gasteiger partial charge in [0.1, 0.15) is 5.69 Å². The first kappa shape index (κ1) is 13.6. The number of aromatic nitrogens is 1. The van der Waals surface area contributed by atoms with Gasteiger partial charge in [0.05, 0.1) is 5.69 Å². The second-order valence-corrected chi connectivity index (χ2v) is 5.11. The molecule has 2 atom stereocenters. The summed E-state index contributed by atoms with van der Waals surface area (Å²) in [7, 11) is 1.72. The molecule has 1 aromatic rings. The van der Waals surface area contributed by atoms with E-state index >= 15 is 0 Å². The minimum atomic E-state index is -0.510. The van der Waals surface area contributed by atoms with Crippen molar-refractivity contribution in [1.82, 2.24) is 4.57 Å². The number of aryl methyl sites for hydroxylation is 1. The van der Waals surface area contributed by atoms with Gasteiger partial charge >= 0.3 is 0 Å². The molecule has 0 aromatic carbocycles. The number of anilines is 1. The second kappa shape index (κ2) is 5.44. The van der Waals surface area contributed by atoms with Crippen molar-refractivity contribution in [2.75, 3.05) is 11.9 Å². The molecular formula is C13H20N4O2. The molecule has 0 aliphatic heterocycles. The SMILES string of the molecule is Cn1cc(NC(=O)[C@@H]2CCC[C@@H]2CN)cc1C(N)=O. The third-order valence-corrected chi connectivity index (χ3v) is 3.82. The summed E-state index contributed by atoms with van der Waals surface area (Å²) < 4.78 is 1.60. The van der Waals surface area contributed by atoms with Gasteiger partial charge in [-0.05, 0) is 31.4 Å². The lowest BCUT2D eigenvalue weighted by Crippen LogP contribution is -2.29. The summed E-state index contributed by atoms with van der Waals surface area (Å²) >= 11 is 0. The Hall–Kier alpha value is -1.82. The Labute approximate surface area is 112 Å². The second-order valence-electron chi connectivity index (χ2n) is 5.11. The summed E-state index contributed by atoms with van der Waals surface area (Å²) in [6.45, 7) is 0.541. The summed E-state index contributed by atoms with van der Waals surface area (Å²) in [5, 5.41) is 2.84. The van der Waals surface area contributed by atoms with Crippen LogP contribution in [0.15, 0.2) is 12.3 Å². The first-order chi connectivity index (χ1) is 9.02. The molecule has 0 bridgehead atoms. The molecule has 1 aromatic heterocycles. The Kier molecular flexibility index (Phi) is 3.90. The fourth-order valence-electron chi connectivity index (χ4n) is 2.78. The van der Waals surface area contributed by atoms with E-state index in [-0.39, 0.29) is 17.7 Å². The van der Waals surface area contributed by atoms with Crippen molar-refractivity contribution in [1.29, 1.82) is 0 Å². The van der Waals surface area contributed by atoms with Crippen molar-refractivity contribution in [3.05, 3.63) is 18.0 Å². The number of rotatable bonds is 4. The average Bonchev–Trinajstić information content (AvgIpc) is 2.95. The largest absolute Gasteiger partial charge is 0.364 e. The molecular weight excluding hydrogens is 244 g/mol. The van der Waals surface area contributed by atoms with Crippen molar-refractivity contribution in [3.63, 3.8) is 0 Å². The summed E-state index contributed by atoms with van der Waals surface area (Å²) in [6.07, 6.45) is 4.62. The zero-order chi connectivity index (χ0) is 14.0. The minimum absolute atomic E-state index is 0.0189. The normalized spacial score (nSPS) is 22.4. The first-order valence-electron chi connectivity index (χ1n) is 6.50. The molecule has 104 valence electrons. The molecule has 19 heavy (non-hydrogen) atoms. The molecule has 6 nitrogen and oxygen atoms in total. The van der Waals surface area contributed by atoms with E-state index in [0.717, 1.165) is 19.3 Å². The highest BCUT2D eigenvalue weighted by Crippen LogP contribution is 2.31. The van der Waals surface area contributed by atoms with Crippen LogP contribution in [-0.2, 0) is 11.8 Å². The van der Waals surface area contributed by atoms with Crippen molar-refractivity contribution in [2.45, 2.75) is 19.3 Å². The Balaban J connectivity index is 2.06. The molecule has 0 spiro atoms. The molecule has 1 aliphatic rings. The Morgan fingerprint density at radius 1 is 1.47 bits per heavy atom. The predicted molar refractivity (Wildman–Crippen MR) is 72.4 cm³/mol. The third-order valence-electron chi connectivity index (χ3n) is 3.82. The maximum absolute atomic E-state index is 12.2. The zero-order valence-corrected chi connectivity index (χ0v) is 11.1. The van der Waals surface area contributed by atoms with Gasteiger partial charge < -0.3 is 21.4 Å². The summed E-state index contributed by atoms with van der Waals surface area (Å²) in [4.78, 5) is 23.3. The highest BCUT2D eigenvalue weighted by Gasteiger charge is 2.32. The van der Waals surface area contributed by atoms with Crippen LogP contribution in [0.5, 0.6) is 0 Å². The van der Waals surface area contributed by atoms with Crippen LogP contribution in [0.25, 0.3) is 0 Å². The topological polar surface area (TPSA) is 103 Å². The van der Waals surface area contributed by atoms with Crippen LogP contribution in [0.2, 0.25) is 0 Å². The molecule has 0 saturated heterocycles. The third kappa shape index (κ3) is 2.78. The lowest BCUT2D eigenvalue weighted by molar-refractivity contribution is -0.120. The van der Waals surface area contributed by atoms with Gasteiger partial charge in [0.25, 0.3) is 5.91 Å². The van der Waals surface area contributed by atoms with Gasteiger partial charge in [-0.25, -0.2) is 0 Å². The number of nitrogens with two attached hydrogens (primary N) is 2. The van der Waals surface area contributed by atoms with Gasteiger partial charge in [0.15, 0.2) is 0 Å². The Morgan fingerprint density at radius 3 is 2.79 bits per heavy atom. The number of nitrogens with one attached hydrogen (secondary N) is 1. The number of amides is 2. The number of carbonyl (C=O) groups excluding carboxylic acids is 2. The molecule has 1 fully saturated rings. The fraction of sp³-hybridized carbons (Fsp3) is 0.538. The molecule has 2 amide bonds. The number of nitrogens with zero attached hydrogens (tertiary/aromatic N) is 1. The quantitative estimate of drug-likeness (QED) is 0.735. The first-order valence-corrected chi connectivity index (χ1v) is 6.50. The molecule has 1 saturated carbocycles. The van der Waals surface area contributed by atoms with E-state index in [1.165, 1.54) is 0 Å². The monoisotopic (exact) mass is 264 g/mol. The van der Waals surface area contributed by atoms with E-state index in [4.69, 9.17) is 11.5 Å². The van der Waals surface area contributed by atoms with E-state index in [9.17, 15) is 9.59 Å². The summed E-state index contributed by atoms with van der Waals surface area (Å²) in [5.41, 5.74) is 11.9. The van der Waals surface area contributed by atoms with Crippen LogP contribution in [0.1, 0.15) is 29.8 Å². The molecule has 2 rings (SSSR count). The number of hydrogen-bond acceptors (Lipinski definition) is 3. The molecule has 1 heterocycles. The summed E-state index contributed by atoms with van der Waals surface area (Å²) in [6, 6.07) is 1.59. The number of hydrogen-bond donors (Lipinski definition) is 3. The van der Waals surface area contributed by atoms with Crippen LogP contribution in [0.4, 0.5) is 5.69 Å². The van der Waals surface area contributed by atoms with E-state index in [1.807, 2.05) is 0 Å².